The summed E-state index contributed by atoms with van der Waals surface area (Å²) >= 11 is 0. The van der Waals surface area contributed by atoms with Crippen LogP contribution in [0.1, 0.15) is 6.92 Å². The van der Waals surface area contributed by atoms with Gasteiger partial charge in [0.1, 0.15) is 0 Å². The molecule has 0 aliphatic rings. The van der Waals surface area contributed by atoms with E-state index in [-0.39, 0.29) is 0 Å². The van der Waals surface area contributed by atoms with Crippen LogP contribution < -0.4 is 5.32 Å². The molecule has 0 aromatic rings. The summed E-state index contributed by atoms with van der Waals surface area (Å²) < 4.78 is 0. The number of rotatable bonds is 2. The minimum Gasteiger partial charge on any atom is -0.356 e. The zero-order valence-corrected chi connectivity index (χ0v) is 3.55. The Morgan fingerprint density at radius 2 is 2.17 bits per heavy atom. The van der Waals surface area contributed by atoms with Crippen molar-refractivity contribution >= 4 is 0 Å². The first-order valence-corrected chi connectivity index (χ1v) is 1.67. The van der Waals surface area contributed by atoms with E-state index in [1.54, 1.807) is 6.92 Å². The number of aliphatic hydroxyl groups excluding tert-OH is 1. The minimum absolute atomic E-state index is 1.41. The lowest BCUT2D eigenvalue weighted by atomic mass is 10.7. The van der Waals surface area contributed by atoms with Gasteiger partial charge < -0.3 is 10.2 Å². The van der Waals surface area contributed by atoms with Crippen LogP contribution in [0.5, 0.6) is 0 Å². The van der Waals surface area contributed by atoms with Crippen molar-refractivity contribution in [3.8, 4) is 0 Å². The van der Waals surface area contributed by atoms with E-state index in [4.69, 9.17) is 10.2 Å². The molecule has 1 radical (unpaired) electrons. The molecule has 37 valence electrons. The van der Waals surface area contributed by atoms with E-state index in [1.807, 2.05) is 0 Å². The lowest BCUT2D eigenvalue weighted by Crippen LogP contribution is -2.23. The first-order valence-electron chi connectivity index (χ1n) is 1.67. The first kappa shape index (κ1) is 5.88. The summed E-state index contributed by atoms with van der Waals surface area (Å²) in [5.74, 6) is 0. The van der Waals surface area contributed by atoms with E-state index in [2.05, 4.69) is 5.32 Å². The second-order valence-electron chi connectivity index (χ2n) is 0.829. The van der Waals surface area contributed by atoms with E-state index < -0.39 is 6.41 Å². The summed E-state index contributed by atoms with van der Waals surface area (Å²) in [5.41, 5.74) is 0. The van der Waals surface area contributed by atoms with Crippen molar-refractivity contribution in [2.24, 2.45) is 0 Å². The molecule has 0 rings (SSSR count). The third kappa shape index (κ3) is 3.88. The maximum atomic E-state index is 7.97. The van der Waals surface area contributed by atoms with E-state index in [1.165, 1.54) is 6.54 Å². The normalized spacial score (nSPS) is 10.0. The molecule has 0 aliphatic carbocycles. The summed E-state index contributed by atoms with van der Waals surface area (Å²) in [4.78, 5) is 0. The molecule has 3 N–H and O–H groups in total. The van der Waals surface area contributed by atoms with Crippen LogP contribution in [0.3, 0.4) is 0 Å². The van der Waals surface area contributed by atoms with Gasteiger partial charge in [0.15, 0.2) is 0 Å². The van der Waals surface area contributed by atoms with E-state index >= 15 is 0 Å². The quantitative estimate of drug-likeness (QED) is 0.382. The molecule has 0 atom stereocenters. The van der Waals surface area contributed by atoms with Crippen molar-refractivity contribution < 1.29 is 10.2 Å². The van der Waals surface area contributed by atoms with Gasteiger partial charge in [-0.2, -0.15) is 0 Å². The maximum Gasteiger partial charge on any atom is 0.211 e. The van der Waals surface area contributed by atoms with Crippen LogP contribution in [0, 0.1) is 6.54 Å². The van der Waals surface area contributed by atoms with E-state index in [9.17, 15) is 0 Å². The Balaban J connectivity index is 2.63. The van der Waals surface area contributed by atoms with Crippen LogP contribution in [-0.2, 0) is 0 Å². The molecule has 0 aromatic heterocycles. The van der Waals surface area contributed by atoms with Crippen LogP contribution in [0.4, 0.5) is 0 Å². The Morgan fingerprint density at radius 3 is 2.17 bits per heavy atom. The Morgan fingerprint density at radius 1 is 1.67 bits per heavy atom. The molecule has 0 aromatic carbocycles. The summed E-state index contributed by atoms with van der Waals surface area (Å²) in [6, 6.07) is 0. The van der Waals surface area contributed by atoms with Crippen LogP contribution in [0.2, 0.25) is 0 Å². The maximum absolute atomic E-state index is 7.97. The average Bonchev–Trinajstić information content (AvgIpc) is 1.35. The van der Waals surface area contributed by atoms with Gasteiger partial charge in [-0.15, -0.1) is 0 Å². The molecule has 0 bridgehead atoms. The smallest absolute Gasteiger partial charge is 0.211 e. The molecule has 0 spiro atoms. The van der Waals surface area contributed by atoms with E-state index in [0.717, 1.165) is 0 Å². The second-order valence-corrected chi connectivity index (χ2v) is 0.829. The second kappa shape index (κ2) is 3.08. The highest BCUT2D eigenvalue weighted by Crippen LogP contribution is 1.64. The Bertz CT molecular complexity index is 30.0. The molecule has 0 heterocycles. The lowest BCUT2D eigenvalue weighted by molar-refractivity contribution is -0.0591. The van der Waals surface area contributed by atoms with Gasteiger partial charge in [0.05, 0.1) is 0 Å². The fourth-order valence-corrected chi connectivity index (χ4v) is 0.149. The van der Waals surface area contributed by atoms with Gasteiger partial charge in [-0.05, 0) is 6.92 Å². The Kier molecular flexibility index (Phi) is 3.02. The molecule has 6 heavy (non-hydrogen) atoms. The van der Waals surface area contributed by atoms with Crippen molar-refractivity contribution in [3.63, 3.8) is 0 Å². The fourth-order valence-electron chi connectivity index (χ4n) is 0.149. The Labute approximate surface area is 36.6 Å². The number of nitrogens with one attached hydrogen (secondary N) is 1. The van der Waals surface area contributed by atoms with Gasteiger partial charge in [-0.1, -0.05) is 0 Å². The van der Waals surface area contributed by atoms with Crippen LogP contribution in [-0.4, -0.2) is 16.6 Å². The molecule has 3 heteroatoms. The van der Waals surface area contributed by atoms with Gasteiger partial charge in [0.2, 0.25) is 6.41 Å². The number of aliphatic hydroxyl groups is 2. The van der Waals surface area contributed by atoms with Crippen molar-refractivity contribution in [1.82, 2.24) is 5.32 Å². The van der Waals surface area contributed by atoms with Crippen molar-refractivity contribution in [1.29, 1.82) is 0 Å². The van der Waals surface area contributed by atoms with Crippen LogP contribution >= 0.6 is 0 Å². The molecule has 0 unspecified atom stereocenters. The van der Waals surface area contributed by atoms with Crippen molar-refractivity contribution in [2.45, 2.75) is 13.3 Å². The standard InChI is InChI=1S/C3H8NO2/c1-2-4-3(5)6/h2-6H,1H3. The van der Waals surface area contributed by atoms with Gasteiger partial charge in [-0.25, -0.2) is 0 Å². The molecule has 3 nitrogen and oxygen atoms in total. The van der Waals surface area contributed by atoms with Gasteiger partial charge in [0, 0.05) is 6.54 Å². The molecule has 0 fully saturated rings. The molecular formula is C3H8NO2. The zero-order valence-electron chi connectivity index (χ0n) is 3.55. The highest BCUT2D eigenvalue weighted by atomic mass is 16.5. The van der Waals surface area contributed by atoms with Crippen molar-refractivity contribution in [2.75, 3.05) is 0 Å². The average molecular weight is 90.1 g/mol. The van der Waals surface area contributed by atoms with Crippen LogP contribution in [0.25, 0.3) is 0 Å². The first-order chi connectivity index (χ1) is 2.77. The van der Waals surface area contributed by atoms with E-state index in [0.29, 0.717) is 0 Å². The predicted octanol–water partition coefficient (Wildman–Crippen LogP) is -0.974. The summed E-state index contributed by atoms with van der Waals surface area (Å²) in [6.45, 7) is 3.12. The summed E-state index contributed by atoms with van der Waals surface area (Å²) in [6.07, 6.45) is -1.41. The minimum atomic E-state index is -1.41. The highest BCUT2D eigenvalue weighted by molar-refractivity contribution is 4.46. The topological polar surface area (TPSA) is 52.5 Å². The number of hydrogen-bond donors (Lipinski definition) is 3. The molecule has 0 amide bonds. The monoisotopic (exact) mass is 90.1 g/mol. The SMILES string of the molecule is C[CH]NC(O)O. The molecule has 0 aliphatic heterocycles. The van der Waals surface area contributed by atoms with Crippen LogP contribution in [0.15, 0.2) is 0 Å². The van der Waals surface area contributed by atoms with Gasteiger partial charge in [0.25, 0.3) is 0 Å². The highest BCUT2D eigenvalue weighted by Gasteiger charge is 1.86. The van der Waals surface area contributed by atoms with Gasteiger partial charge >= 0.3 is 0 Å². The third-order valence-corrected chi connectivity index (χ3v) is 0.316. The predicted molar refractivity (Wildman–Crippen MR) is 21.3 cm³/mol. The molecule has 0 saturated heterocycles. The largest absolute Gasteiger partial charge is 0.356 e. The summed E-state index contributed by atoms with van der Waals surface area (Å²) in [7, 11) is 0. The molecule has 0 saturated carbocycles. The zero-order chi connectivity index (χ0) is 4.99. The van der Waals surface area contributed by atoms with Crippen molar-refractivity contribution in [3.05, 3.63) is 6.54 Å². The molecular weight excluding hydrogens is 82.0 g/mol. The Hall–Kier alpha value is -0.120. The third-order valence-electron chi connectivity index (χ3n) is 0.316. The fraction of sp³-hybridized carbons (Fsp3) is 0.667. The van der Waals surface area contributed by atoms with Gasteiger partial charge in [-0.3, -0.25) is 5.32 Å². The summed E-state index contributed by atoms with van der Waals surface area (Å²) in [5, 5.41) is 18.1. The lowest BCUT2D eigenvalue weighted by Gasteiger charge is -1.98. The number of hydrogen-bond acceptors (Lipinski definition) is 3.